The summed E-state index contributed by atoms with van der Waals surface area (Å²) >= 11 is 0. The second-order valence-electron chi connectivity index (χ2n) is 11.9. The number of benzene rings is 5. The molecule has 45 heavy (non-hydrogen) atoms. The predicted molar refractivity (Wildman–Crippen MR) is 182 cm³/mol. The van der Waals surface area contributed by atoms with Gasteiger partial charge in [0.05, 0.1) is 25.9 Å². The molecule has 0 aromatic heterocycles. The molecule has 6 rings (SSSR count). The van der Waals surface area contributed by atoms with Crippen molar-refractivity contribution in [1.29, 1.82) is 0 Å². The molecule has 4 heteroatoms. The van der Waals surface area contributed by atoms with Gasteiger partial charge >= 0.3 is 0 Å². The molecule has 1 fully saturated rings. The van der Waals surface area contributed by atoms with Gasteiger partial charge in [-0.15, -0.1) is 0 Å². The number of piperidine rings is 1. The molecule has 4 nitrogen and oxygen atoms in total. The summed E-state index contributed by atoms with van der Waals surface area (Å²) < 4.78 is 20.2. The summed E-state index contributed by atoms with van der Waals surface area (Å²) in [5, 5.41) is 0. The Morgan fingerprint density at radius 1 is 0.489 bits per heavy atom. The molecule has 1 saturated heterocycles. The maximum absolute atomic E-state index is 6.76. The van der Waals surface area contributed by atoms with E-state index in [1.54, 1.807) is 0 Å². The number of rotatable bonds is 13. The molecular formula is C41H43NO3. The van der Waals surface area contributed by atoms with Gasteiger partial charge in [-0.1, -0.05) is 146 Å². The molecule has 0 unspecified atom stereocenters. The van der Waals surface area contributed by atoms with E-state index in [0.717, 1.165) is 36.2 Å². The van der Waals surface area contributed by atoms with Crippen molar-refractivity contribution in [2.75, 3.05) is 13.1 Å². The smallest absolute Gasteiger partial charge is 0.113 e. The van der Waals surface area contributed by atoms with Crippen molar-refractivity contribution in [1.82, 2.24) is 4.90 Å². The van der Waals surface area contributed by atoms with Gasteiger partial charge in [0.25, 0.3) is 0 Å². The molecule has 0 aliphatic carbocycles. The van der Waals surface area contributed by atoms with Crippen LogP contribution in [0.2, 0.25) is 0 Å². The largest absolute Gasteiger partial charge is 0.369 e. The lowest BCUT2D eigenvalue weighted by Gasteiger charge is -2.47. The van der Waals surface area contributed by atoms with Crippen LogP contribution in [0, 0.1) is 0 Å². The Morgan fingerprint density at radius 3 is 1.47 bits per heavy atom. The number of hydrogen-bond donors (Lipinski definition) is 0. The van der Waals surface area contributed by atoms with E-state index >= 15 is 0 Å². The third-order valence-electron chi connectivity index (χ3n) is 8.78. The SMILES string of the molecule is C[C@@H]1[C@@H](OCc2ccccc2)[C@H](OCc2ccccc2)[C@@H](OCc2ccccc2)CN1CCc1ccc(-c2ccccc2)cc1. The molecule has 0 N–H and O–H groups in total. The topological polar surface area (TPSA) is 30.9 Å². The minimum absolute atomic E-state index is 0.147. The lowest BCUT2D eigenvalue weighted by Crippen LogP contribution is -2.62. The van der Waals surface area contributed by atoms with Gasteiger partial charge in [-0.2, -0.15) is 0 Å². The first-order valence-electron chi connectivity index (χ1n) is 16.1. The monoisotopic (exact) mass is 597 g/mol. The molecule has 0 amide bonds. The molecule has 230 valence electrons. The average Bonchev–Trinajstić information content (AvgIpc) is 3.11. The zero-order valence-electron chi connectivity index (χ0n) is 26.1. The second-order valence-corrected chi connectivity index (χ2v) is 11.9. The molecule has 5 aromatic carbocycles. The Bertz CT molecular complexity index is 1550. The van der Waals surface area contributed by atoms with Crippen LogP contribution < -0.4 is 0 Å². The average molecular weight is 598 g/mol. The zero-order chi connectivity index (χ0) is 30.7. The molecule has 1 aliphatic rings. The lowest BCUT2D eigenvalue weighted by molar-refractivity contribution is -0.200. The van der Waals surface area contributed by atoms with Gasteiger partial charge in [-0.05, 0) is 46.7 Å². The third kappa shape index (κ3) is 8.56. The maximum atomic E-state index is 6.76. The minimum atomic E-state index is -0.214. The second kappa shape index (κ2) is 15.8. The number of ether oxygens (including phenoxy) is 3. The van der Waals surface area contributed by atoms with E-state index in [1.165, 1.54) is 16.7 Å². The van der Waals surface area contributed by atoms with E-state index in [9.17, 15) is 0 Å². The summed E-state index contributed by atoms with van der Waals surface area (Å²) in [6, 6.07) is 50.9. The molecule has 1 aliphatic heterocycles. The maximum Gasteiger partial charge on any atom is 0.113 e. The zero-order valence-corrected chi connectivity index (χ0v) is 26.1. The van der Waals surface area contributed by atoms with E-state index in [4.69, 9.17) is 14.2 Å². The Labute approximate surface area is 268 Å². The summed E-state index contributed by atoms with van der Waals surface area (Å²) in [6.07, 6.45) is 0.426. The number of hydrogen-bond acceptors (Lipinski definition) is 4. The van der Waals surface area contributed by atoms with E-state index in [1.807, 2.05) is 18.2 Å². The molecule has 0 spiro atoms. The minimum Gasteiger partial charge on any atom is -0.369 e. The fourth-order valence-corrected chi connectivity index (χ4v) is 6.15. The van der Waals surface area contributed by atoms with E-state index in [2.05, 4.69) is 139 Å². The highest BCUT2D eigenvalue weighted by molar-refractivity contribution is 5.63. The molecular weight excluding hydrogens is 554 g/mol. The number of nitrogens with zero attached hydrogens (tertiary/aromatic N) is 1. The fourth-order valence-electron chi connectivity index (χ4n) is 6.15. The van der Waals surface area contributed by atoms with E-state index in [0.29, 0.717) is 19.8 Å². The van der Waals surface area contributed by atoms with Crippen LogP contribution in [0.1, 0.15) is 29.2 Å². The first kappa shape index (κ1) is 30.9. The van der Waals surface area contributed by atoms with Gasteiger partial charge in [0.2, 0.25) is 0 Å². The summed E-state index contributed by atoms with van der Waals surface area (Å²) in [5.41, 5.74) is 7.27. The molecule has 0 radical (unpaired) electrons. The van der Waals surface area contributed by atoms with Gasteiger partial charge in [-0.3, -0.25) is 4.90 Å². The van der Waals surface area contributed by atoms with Crippen LogP contribution in [0.15, 0.2) is 146 Å². The summed E-state index contributed by atoms with van der Waals surface area (Å²) in [5.74, 6) is 0. The van der Waals surface area contributed by atoms with Crippen molar-refractivity contribution in [3.8, 4) is 11.1 Å². The molecule has 1 heterocycles. The van der Waals surface area contributed by atoms with Gasteiger partial charge in [-0.25, -0.2) is 0 Å². The van der Waals surface area contributed by atoms with Crippen molar-refractivity contribution >= 4 is 0 Å². The van der Waals surface area contributed by atoms with E-state index in [-0.39, 0.29) is 24.4 Å². The van der Waals surface area contributed by atoms with Gasteiger partial charge in [0, 0.05) is 19.1 Å². The first-order valence-corrected chi connectivity index (χ1v) is 16.1. The van der Waals surface area contributed by atoms with Crippen LogP contribution in [0.5, 0.6) is 0 Å². The third-order valence-corrected chi connectivity index (χ3v) is 8.78. The first-order chi connectivity index (χ1) is 22.2. The van der Waals surface area contributed by atoms with Crippen LogP contribution in [0.25, 0.3) is 11.1 Å². The van der Waals surface area contributed by atoms with Crippen molar-refractivity contribution in [2.45, 2.75) is 57.5 Å². The Hall–Kier alpha value is -4.06. The summed E-state index contributed by atoms with van der Waals surface area (Å²) in [4.78, 5) is 2.53. The van der Waals surface area contributed by atoms with Crippen LogP contribution in [-0.2, 0) is 40.5 Å². The quantitative estimate of drug-likeness (QED) is 0.137. The van der Waals surface area contributed by atoms with E-state index < -0.39 is 0 Å². The molecule has 0 bridgehead atoms. The van der Waals surface area contributed by atoms with Gasteiger partial charge in [0.1, 0.15) is 12.2 Å². The molecule has 0 saturated carbocycles. The van der Waals surface area contributed by atoms with Gasteiger partial charge < -0.3 is 14.2 Å². The highest BCUT2D eigenvalue weighted by atomic mass is 16.6. The highest BCUT2D eigenvalue weighted by Crippen LogP contribution is 2.29. The Kier molecular flexibility index (Phi) is 10.9. The van der Waals surface area contributed by atoms with Crippen LogP contribution in [0.4, 0.5) is 0 Å². The highest BCUT2D eigenvalue weighted by Gasteiger charge is 2.43. The van der Waals surface area contributed by atoms with Crippen LogP contribution in [-0.4, -0.2) is 42.3 Å². The summed E-state index contributed by atoms with van der Waals surface area (Å²) in [6.45, 7) is 5.55. The standard InChI is InChI=1S/C41H43NO3/c1-32-40(44-30-35-16-8-3-9-17-35)41(45-31-36-18-10-4-11-19-36)39(43-29-34-14-6-2-7-15-34)28-42(32)27-26-33-22-24-38(25-23-33)37-20-12-5-13-21-37/h2-25,32,39-41H,26-31H2,1H3/t32-,39+,40-,41-/m1/s1. The van der Waals surface area contributed by atoms with Crippen molar-refractivity contribution in [3.63, 3.8) is 0 Å². The van der Waals surface area contributed by atoms with Crippen molar-refractivity contribution in [3.05, 3.63) is 168 Å². The van der Waals surface area contributed by atoms with Gasteiger partial charge in [0.15, 0.2) is 0 Å². The molecule has 4 atom stereocenters. The Morgan fingerprint density at radius 2 is 0.933 bits per heavy atom. The normalized spacial score (nSPS) is 20.2. The lowest BCUT2D eigenvalue weighted by atomic mass is 9.93. The van der Waals surface area contributed by atoms with Crippen molar-refractivity contribution < 1.29 is 14.2 Å². The predicted octanol–water partition coefficient (Wildman–Crippen LogP) is 8.36. The summed E-state index contributed by atoms with van der Waals surface area (Å²) in [7, 11) is 0. The molecule has 5 aromatic rings. The fraction of sp³-hybridized carbons (Fsp3) is 0.268. The number of likely N-dealkylation sites (tertiary alicyclic amines) is 1. The van der Waals surface area contributed by atoms with Crippen molar-refractivity contribution in [2.24, 2.45) is 0 Å². The Balaban J connectivity index is 1.20. The van der Waals surface area contributed by atoms with Crippen LogP contribution >= 0.6 is 0 Å². The van der Waals surface area contributed by atoms with Crippen LogP contribution in [0.3, 0.4) is 0 Å².